The molecule has 0 aromatic heterocycles. The average Bonchev–Trinajstić information content (AvgIpc) is 2.57. The molecule has 0 fully saturated rings. The van der Waals surface area contributed by atoms with Crippen LogP contribution in [0.5, 0.6) is 11.5 Å². The molecule has 6 nitrogen and oxygen atoms in total. The summed E-state index contributed by atoms with van der Waals surface area (Å²) in [6.07, 6.45) is -0.0259. The minimum Gasteiger partial charge on any atom is -0.493 e. The molecule has 0 aliphatic rings. The standard InChI is InChI=1S/C19H34N4O2/c1-8-20-18(22-14-19(3,4)23(5)6)21-13-15(2)25-17-12-10-9-11-16(17)24-7/h9-12,15H,8,13-14H2,1-7H3,(H2,20,21,22). The van der Waals surface area contributed by atoms with Crippen LogP contribution in [0.3, 0.4) is 0 Å². The molecule has 1 aromatic carbocycles. The number of nitrogens with zero attached hydrogens (tertiary/aromatic N) is 2. The minimum atomic E-state index is -0.0259. The molecule has 0 saturated heterocycles. The number of methoxy groups -OCH3 is 1. The van der Waals surface area contributed by atoms with Crippen molar-refractivity contribution >= 4 is 5.96 Å². The highest BCUT2D eigenvalue weighted by Gasteiger charge is 2.20. The fraction of sp³-hybridized carbons (Fsp3) is 0.632. The van der Waals surface area contributed by atoms with E-state index in [0.717, 1.165) is 24.0 Å². The monoisotopic (exact) mass is 350 g/mol. The van der Waals surface area contributed by atoms with Gasteiger partial charge in [-0.15, -0.1) is 0 Å². The Labute approximate surface area is 152 Å². The van der Waals surface area contributed by atoms with Gasteiger partial charge in [-0.05, 0) is 53.9 Å². The number of hydrogen-bond donors (Lipinski definition) is 2. The van der Waals surface area contributed by atoms with Crippen molar-refractivity contribution in [2.45, 2.75) is 39.3 Å². The third-order valence-electron chi connectivity index (χ3n) is 4.13. The van der Waals surface area contributed by atoms with Gasteiger partial charge in [0, 0.05) is 12.1 Å². The van der Waals surface area contributed by atoms with E-state index < -0.39 is 0 Å². The number of hydrogen-bond acceptors (Lipinski definition) is 4. The van der Waals surface area contributed by atoms with Gasteiger partial charge in [0.25, 0.3) is 0 Å². The lowest BCUT2D eigenvalue weighted by Gasteiger charge is -2.31. The Kier molecular flexibility index (Phi) is 8.55. The largest absolute Gasteiger partial charge is 0.493 e. The van der Waals surface area contributed by atoms with E-state index in [1.807, 2.05) is 31.2 Å². The molecule has 0 bridgehead atoms. The van der Waals surface area contributed by atoms with Crippen LogP contribution in [0, 0.1) is 0 Å². The molecule has 0 aliphatic heterocycles. The van der Waals surface area contributed by atoms with Gasteiger partial charge in [-0.1, -0.05) is 12.1 Å². The zero-order chi connectivity index (χ0) is 18.9. The van der Waals surface area contributed by atoms with Crippen LogP contribution in [-0.2, 0) is 0 Å². The van der Waals surface area contributed by atoms with E-state index in [-0.39, 0.29) is 11.6 Å². The van der Waals surface area contributed by atoms with E-state index in [9.17, 15) is 0 Å². The molecule has 1 atom stereocenters. The number of rotatable bonds is 9. The summed E-state index contributed by atoms with van der Waals surface area (Å²) in [5.74, 6) is 2.28. The smallest absolute Gasteiger partial charge is 0.191 e. The fourth-order valence-electron chi connectivity index (χ4n) is 1.97. The van der Waals surface area contributed by atoms with E-state index in [1.54, 1.807) is 7.11 Å². The predicted octanol–water partition coefficient (Wildman–Crippen LogP) is 2.36. The first-order valence-corrected chi connectivity index (χ1v) is 8.79. The molecule has 1 rings (SSSR count). The summed E-state index contributed by atoms with van der Waals surface area (Å²) in [6.45, 7) is 10.6. The number of likely N-dealkylation sites (N-methyl/N-ethyl adjacent to an activating group) is 1. The SMILES string of the molecule is CCNC(=NCC(C)(C)N(C)C)NCC(C)Oc1ccccc1OC. The molecule has 0 spiro atoms. The van der Waals surface area contributed by atoms with Crippen LogP contribution in [0.1, 0.15) is 27.7 Å². The number of aliphatic imine (C=N–C) groups is 1. The lowest BCUT2D eigenvalue weighted by atomic mass is 10.1. The van der Waals surface area contributed by atoms with E-state index >= 15 is 0 Å². The quantitative estimate of drug-likeness (QED) is 0.529. The summed E-state index contributed by atoms with van der Waals surface area (Å²) < 4.78 is 11.3. The zero-order valence-electron chi connectivity index (χ0n) is 16.7. The van der Waals surface area contributed by atoms with Crippen molar-refractivity contribution in [1.82, 2.24) is 15.5 Å². The molecular formula is C19H34N4O2. The van der Waals surface area contributed by atoms with Gasteiger partial charge in [-0.3, -0.25) is 4.99 Å². The maximum atomic E-state index is 5.97. The molecule has 0 aliphatic carbocycles. The molecular weight excluding hydrogens is 316 g/mol. The van der Waals surface area contributed by atoms with Gasteiger partial charge in [0.2, 0.25) is 0 Å². The molecule has 142 valence electrons. The second kappa shape index (κ2) is 10.1. The molecule has 6 heteroatoms. The first-order chi connectivity index (χ1) is 11.8. The number of para-hydroxylation sites is 2. The van der Waals surface area contributed by atoms with Crippen LogP contribution < -0.4 is 20.1 Å². The summed E-state index contributed by atoms with van der Waals surface area (Å²) in [7, 11) is 5.78. The van der Waals surface area contributed by atoms with Gasteiger partial charge in [-0.2, -0.15) is 0 Å². The Morgan fingerprint density at radius 3 is 2.40 bits per heavy atom. The van der Waals surface area contributed by atoms with E-state index in [0.29, 0.717) is 13.1 Å². The maximum absolute atomic E-state index is 5.97. The van der Waals surface area contributed by atoms with Crippen LogP contribution in [0.15, 0.2) is 29.3 Å². The summed E-state index contributed by atoms with van der Waals surface area (Å²) in [5, 5.41) is 6.62. The van der Waals surface area contributed by atoms with E-state index in [4.69, 9.17) is 14.5 Å². The van der Waals surface area contributed by atoms with Crippen molar-refractivity contribution in [1.29, 1.82) is 0 Å². The molecule has 0 saturated carbocycles. The lowest BCUT2D eigenvalue weighted by Crippen LogP contribution is -2.45. The van der Waals surface area contributed by atoms with E-state index in [1.165, 1.54) is 0 Å². The molecule has 1 unspecified atom stereocenters. The summed E-state index contributed by atoms with van der Waals surface area (Å²) in [4.78, 5) is 6.87. The molecule has 0 radical (unpaired) electrons. The second-order valence-electron chi connectivity index (χ2n) is 6.86. The first-order valence-electron chi connectivity index (χ1n) is 8.79. The Morgan fingerprint density at radius 2 is 1.84 bits per heavy atom. The highest BCUT2D eigenvalue weighted by molar-refractivity contribution is 5.79. The van der Waals surface area contributed by atoms with Crippen LogP contribution in [-0.4, -0.2) is 63.3 Å². The van der Waals surface area contributed by atoms with Crippen molar-refractivity contribution < 1.29 is 9.47 Å². The van der Waals surface area contributed by atoms with Crippen molar-refractivity contribution in [3.63, 3.8) is 0 Å². The third-order valence-corrected chi connectivity index (χ3v) is 4.13. The summed E-state index contributed by atoms with van der Waals surface area (Å²) in [6, 6.07) is 7.67. The average molecular weight is 351 g/mol. The van der Waals surface area contributed by atoms with Crippen molar-refractivity contribution in [3.8, 4) is 11.5 Å². The number of guanidine groups is 1. The lowest BCUT2D eigenvalue weighted by molar-refractivity contribution is 0.204. The van der Waals surface area contributed by atoms with E-state index in [2.05, 4.69) is 50.4 Å². The number of nitrogens with one attached hydrogen (secondary N) is 2. The van der Waals surface area contributed by atoms with Gasteiger partial charge in [0.15, 0.2) is 17.5 Å². The normalized spacial score (nSPS) is 13.5. The van der Waals surface area contributed by atoms with Gasteiger partial charge in [0.05, 0.1) is 20.2 Å². The number of benzene rings is 1. The summed E-state index contributed by atoms with van der Waals surface area (Å²) >= 11 is 0. The summed E-state index contributed by atoms with van der Waals surface area (Å²) in [5.41, 5.74) is 0.00186. The van der Waals surface area contributed by atoms with Crippen molar-refractivity contribution in [3.05, 3.63) is 24.3 Å². The number of ether oxygens (including phenoxy) is 2. The molecule has 1 aromatic rings. The minimum absolute atomic E-state index is 0.00186. The maximum Gasteiger partial charge on any atom is 0.191 e. The zero-order valence-corrected chi connectivity index (χ0v) is 16.7. The van der Waals surface area contributed by atoms with Crippen LogP contribution in [0.25, 0.3) is 0 Å². The van der Waals surface area contributed by atoms with Gasteiger partial charge >= 0.3 is 0 Å². The van der Waals surface area contributed by atoms with Gasteiger partial charge in [0.1, 0.15) is 6.10 Å². The molecule has 0 heterocycles. The van der Waals surface area contributed by atoms with Crippen molar-refractivity contribution in [2.24, 2.45) is 4.99 Å². The fourth-order valence-corrected chi connectivity index (χ4v) is 1.97. The predicted molar refractivity (Wildman–Crippen MR) is 105 cm³/mol. The first kappa shape index (κ1) is 21.1. The topological polar surface area (TPSA) is 58.1 Å². The van der Waals surface area contributed by atoms with Crippen LogP contribution >= 0.6 is 0 Å². The Hall–Kier alpha value is -1.95. The second-order valence-corrected chi connectivity index (χ2v) is 6.86. The molecule has 2 N–H and O–H groups in total. The van der Waals surface area contributed by atoms with Crippen LogP contribution in [0.4, 0.5) is 0 Å². The Bertz CT molecular complexity index is 544. The van der Waals surface area contributed by atoms with Gasteiger partial charge < -0.3 is 25.0 Å². The highest BCUT2D eigenvalue weighted by Crippen LogP contribution is 2.26. The third kappa shape index (κ3) is 7.22. The van der Waals surface area contributed by atoms with Gasteiger partial charge in [-0.25, -0.2) is 0 Å². The highest BCUT2D eigenvalue weighted by atomic mass is 16.5. The van der Waals surface area contributed by atoms with Crippen molar-refractivity contribution in [2.75, 3.05) is 40.8 Å². The molecule has 0 amide bonds. The van der Waals surface area contributed by atoms with Crippen LogP contribution in [0.2, 0.25) is 0 Å². The Balaban J connectivity index is 2.61. The molecule has 25 heavy (non-hydrogen) atoms. The Morgan fingerprint density at radius 1 is 1.20 bits per heavy atom.